The summed E-state index contributed by atoms with van der Waals surface area (Å²) in [6.07, 6.45) is 1.17. The van der Waals surface area contributed by atoms with Crippen molar-refractivity contribution in [2.75, 3.05) is 18.8 Å². The third-order valence-electron chi connectivity index (χ3n) is 2.33. The van der Waals surface area contributed by atoms with Gasteiger partial charge < -0.3 is 9.88 Å². The molecule has 0 aliphatic heterocycles. The molecule has 1 aromatic rings. The van der Waals surface area contributed by atoms with E-state index < -0.39 is 0 Å². The van der Waals surface area contributed by atoms with E-state index in [4.69, 9.17) is 0 Å². The van der Waals surface area contributed by atoms with Crippen molar-refractivity contribution in [3.63, 3.8) is 0 Å². The Morgan fingerprint density at radius 3 is 2.69 bits per heavy atom. The first-order valence-electron chi connectivity index (χ1n) is 5.80. The molecule has 1 rings (SSSR count). The molecule has 0 saturated carbocycles. The summed E-state index contributed by atoms with van der Waals surface area (Å²) in [5.74, 6) is 2.80. The van der Waals surface area contributed by atoms with E-state index in [0.29, 0.717) is 0 Å². The first-order valence-corrected chi connectivity index (χ1v) is 6.79. The lowest BCUT2D eigenvalue weighted by Crippen LogP contribution is -2.21. The van der Waals surface area contributed by atoms with Gasteiger partial charge in [-0.15, -0.1) is 10.2 Å². The molecule has 16 heavy (non-hydrogen) atoms. The topological polar surface area (TPSA) is 42.7 Å². The van der Waals surface area contributed by atoms with Crippen LogP contribution >= 0.6 is 11.8 Å². The average Bonchev–Trinajstić information content (AvgIpc) is 2.54. The van der Waals surface area contributed by atoms with Crippen LogP contribution < -0.4 is 5.32 Å². The molecule has 0 saturated heterocycles. The molecule has 1 aromatic heterocycles. The molecule has 0 aliphatic carbocycles. The van der Waals surface area contributed by atoms with Gasteiger partial charge in [0.25, 0.3) is 0 Å². The molecule has 0 aliphatic rings. The van der Waals surface area contributed by atoms with Crippen molar-refractivity contribution in [2.24, 2.45) is 13.0 Å². The Morgan fingerprint density at radius 1 is 1.38 bits per heavy atom. The van der Waals surface area contributed by atoms with Crippen LogP contribution in [0.1, 0.15) is 26.1 Å². The van der Waals surface area contributed by atoms with E-state index in [1.165, 1.54) is 6.42 Å². The predicted octanol–water partition coefficient (Wildman–Crippen LogP) is 1.85. The standard InChI is InChI=1S/C11H22N4S/c1-9(2)8-12-6-5-7-16-11-14-13-10(3)15(11)4/h9,12H,5-8H2,1-4H3. The highest BCUT2D eigenvalue weighted by molar-refractivity contribution is 7.99. The summed E-state index contributed by atoms with van der Waals surface area (Å²) in [7, 11) is 2.01. The fourth-order valence-electron chi connectivity index (χ4n) is 1.26. The second-order valence-corrected chi connectivity index (χ2v) is 5.45. The van der Waals surface area contributed by atoms with E-state index in [9.17, 15) is 0 Å². The zero-order chi connectivity index (χ0) is 12.0. The fourth-order valence-corrected chi connectivity index (χ4v) is 2.16. The van der Waals surface area contributed by atoms with Gasteiger partial charge in [0.2, 0.25) is 0 Å². The summed E-state index contributed by atoms with van der Waals surface area (Å²) in [6.45, 7) is 8.62. The Kier molecular flexibility index (Phi) is 5.84. The molecule has 0 aromatic carbocycles. The highest BCUT2D eigenvalue weighted by Crippen LogP contribution is 2.15. The minimum Gasteiger partial charge on any atom is -0.316 e. The normalized spacial score (nSPS) is 11.3. The van der Waals surface area contributed by atoms with Crippen LogP contribution in [0.2, 0.25) is 0 Å². The van der Waals surface area contributed by atoms with Crippen LogP contribution in [-0.2, 0) is 7.05 Å². The highest BCUT2D eigenvalue weighted by Gasteiger charge is 2.04. The molecular weight excluding hydrogens is 220 g/mol. The molecule has 92 valence electrons. The van der Waals surface area contributed by atoms with E-state index in [0.717, 1.165) is 35.7 Å². The summed E-state index contributed by atoms with van der Waals surface area (Å²) in [5.41, 5.74) is 0. The molecule has 0 radical (unpaired) electrons. The molecular formula is C11H22N4S. The third kappa shape index (κ3) is 4.53. The second-order valence-electron chi connectivity index (χ2n) is 4.39. The van der Waals surface area contributed by atoms with Gasteiger partial charge >= 0.3 is 0 Å². The average molecular weight is 242 g/mol. The maximum Gasteiger partial charge on any atom is 0.190 e. The van der Waals surface area contributed by atoms with Crippen LogP contribution in [0.3, 0.4) is 0 Å². The van der Waals surface area contributed by atoms with Gasteiger partial charge in [0.1, 0.15) is 5.82 Å². The van der Waals surface area contributed by atoms with Crippen molar-refractivity contribution in [1.82, 2.24) is 20.1 Å². The number of hydrogen-bond donors (Lipinski definition) is 1. The maximum atomic E-state index is 4.12. The number of nitrogens with one attached hydrogen (secondary N) is 1. The molecule has 0 atom stereocenters. The minimum absolute atomic E-state index is 0.731. The van der Waals surface area contributed by atoms with Crippen LogP contribution in [0, 0.1) is 12.8 Å². The number of aromatic nitrogens is 3. The largest absolute Gasteiger partial charge is 0.316 e. The SMILES string of the molecule is Cc1nnc(SCCCNCC(C)C)n1C. The second kappa shape index (κ2) is 6.91. The summed E-state index contributed by atoms with van der Waals surface area (Å²) in [4.78, 5) is 0. The van der Waals surface area contributed by atoms with Crippen molar-refractivity contribution in [3.05, 3.63) is 5.82 Å². The Hall–Kier alpha value is -0.550. The molecule has 1 heterocycles. The predicted molar refractivity (Wildman–Crippen MR) is 68.8 cm³/mol. The molecule has 0 fully saturated rings. The number of hydrogen-bond acceptors (Lipinski definition) is 4. The van der Waals surface area contributed by atoms with Gasteiger partial charge in [-0.2, -0.15) is 0 Å². The quantitative estimate of drug-likeness (QED) is 0.585. The van der Waals surface area contributed by atoms with Crippen molar-refractivity contribution in [1.29, 1.82) is 0 Å². The van der Waals surface area contributed by atoms with E-state index in [1.54, 1.807) is 11.8 Å². The molecule has 0 unspecified atom stereocenters. The molecule has 5 heteroatoms. The third-order valence-corrected chi connectivity index (χ3v) is 3.44. The Balaban J connectivity index is 2.10. The molecule has 0 amide bonds. The maximum absolute atomic E-state index is 4.12. The lowest BCUT2D eigenvalue weighted by atomic mass is 10.2. The number of nitrogens with zero attached hydrogens (tertiary/aromatic N) is 3. The van der Waals surface area contributed by atoms with Crippen LogP contribution in [0.25, 0.3) is 0 Å². The van der Waals surface area contributed by atoms with E-state index >= 15 is 0 Å². The fraction of sp³-hybridized carbons (Fsp3) is 0.818. The van der Waals surface area contributed by atoms with Crippen LogP contribution in [-0.4, -0.2) is 33.6 Å². The smallest absolute Gasteiger partial charge is 0.190 e. The Bertz CT molecular complexity index is 309. The Labute approximate surface area is 102 Å². The number of rotatable bonds is 7. The van der Waals surface area contributed by atoms with Gasteiger partial charge in [0.15, 0.2) is 5.16 Å². The summed E-state index contributed by atoms with van der Waals surface area (Å²) >= 11 is 1.78. The zero-order valence-electron chi connectivity index (χ0n) is 10.7. The first kappa shape index (κ1) is 13.5. The molecule has 0 spiro atoms. The lowest BCUT2D eigenvalue weighted by molar-refractivity contribution is 0.551. The van der Waals surface area contributed by atoms with E-state index in [2.05, 4.69) is 29.4 Å². The zero-order valence-corrected chi connectivity index (χ0v) is 11.5. The molecule has 1 N–H and O–H groups in total. The van der Waals surface area contributed by atoms with Crippen molar-refractivity contribution in [3.8, 4) is 0 Å². The first-order chi connectivity index (χ1) is 7.61. The highest BCUT2D eigenvalue weighted by atomic mass is 32.2. The van der Waals surface area contributed by atoms with Gasteiger partial charge in [-0.05, 0) is 32.4 Å². The summed E-state index contributed by atoms with van der Waals surface area (Å²) in [6, 6.07) is 0. The molecule has 4 nitrogen and oxygen atoms in total. The van der Waals surface area contributed by atoms with Gasteiger partial charge in [-0.3, -0.25) is 0 Å². The van der Waals surface area contributed by atoms with Crippen molar-refractivity contribution in [2.45, 2.75) is 32.3 Å². The Morgan fingerprint density at radius 2 is 2.12 bits per heavy atom. The van der Waals surface area contributed by atoms with E-state index in [1.807, 2.05) is 18.5 Å². The monoisotopic (exact) mass is 242 g/mol. The summed E-state index contributed by atoms with van der Waals surface area (Å²) in [5, 5.41) is 12.6. The van der Waals surface area contributed by atoms with Crippen molar-refractivity contribution >= 4 is 11.8 Å². The number of thioether (sulfide) groups is 1. The van der Waals surface area contributed by atoms with Gasteiger partial charge in [-0.25, -0.2) is 0 Å². The molecule has 0 bridgehead atoms. The number of aryl methyl sites for hydroxylation is 1. The van der Waals surface area contributed by atoms with Gasteiger partial charge in [0.05, 0.1) is 0 Å². The van der Waals surface area contributed by atoms with Gasteiger partial charge in [-0.1, -0.05) is 25.6 Å². The van der Waals surface area contributed by atoms with Crippen LogP contribution in [0.4, 0.5) is 0 Å². The van der Waals surface area contributed by atoms with Gasteiger partial charge in [0, 0.05) is 12.8 Å². The van der Waals surface area contributed by atoms with Crippen LogP contribution in [0.15, 0.2) is 5.16 Å². The van der Waals surface area contributed by atoms with Crippen molar-refractivity contribution < 1.29 is 0 Å². The lowest BCUT2D eigenvalue weighted by Gasteiger charge is -2.06. The van der Waals surface area contributed by atoms with E-state index in [-0.39, 0.29) is 0 Å². The minimum atomic E-state index is 0.731. The van der Waals surface area contributed by atoms with Crippen LogP contribution in [0.5, 0.6) is 0 Å². The summed E-state index contributed by atoms with van der Waals surface area (Å²) < 4.78 is 2.03.